The minimum Gasteiger partial charge on any atom is -0.481 e. The number of carbonyl (C=O) groups excluding carboxylic acids is 2. The molecule has 4 heteroatoms. The minimum atomic E-state index is -0.631. The molecule has 2 rings (SSSR count). The highest BCUT2D eigenvalue weighted by Crippen LogP contribution is 2.14. The van der Waals surface area contributed by atoms with Crippen molar-refractivity contribution < 1.29 is 14.3 Å². The molecule has 1 atom stereocenters. The number of hydrogen-bond acceptors (Lipinski definition) is 3. The molecule has 2 aromatic rings. The third-order valence-corrected chi connectivity index (χ3v) is 2.96. The zero-order valence-corrected chi connectivity index (χ0v) is 12.0. The van der Waals surface area contributed by atoms with Crippen LogP contribution in [0.25, 0.3) is 0 Å². The summed E-state index contributed by atoms with van der Waals surface area (Å²) in [6.45, 7) is 3.17. The molecule has 0 saturated carbocycles. The number of nitrogens with one attached hydrogen (secondary N) is 1. The van der Waals surface area contributed by atoms with Crippen molar-refractivity contribution in [3.05, 3.63) is 60.2 Å². The van der Waals surface area contributed by atoms with Gasteiger partial charge < -0.3 is 10.1 Å². The van der Waals surface area contributed by atoms with Crippen LogP contribution in [0, 0.1) is 0 Å². The summed E-state index contributed by atoms with van der Waals surface area (Å²) in [5.41, 5.74) is 1.14. The SMILES string of the molecule is CC(=O)c1cccc(NC(=O)[C@@H](C)Oc2ccccc2)c1. The third kappa shape index (κ3) is 4.18. The van der Waals surface area contributed by atoms with E-state index in [4.69, 9.17) is 4.74 Å². The fourth-order valence-electron chi connectivity index (χ4n) is 1.82. The lowest BCUT2D eigenvalue weighted by Gasteiger charge is -2.14. The van der Waals surface area contributed by atoms with Crippen molar-refractivity contribution in [3.8, 4) is 5.75 Å². The van der Waals surface area contributed by atoms with Gasteiger partial charge in [0.25, 0.3) is 5.91 Å². The second-order valence-corrected chi connectivity index (χ2v) is 4.70. The van der Waals surface area contributed by atoms with Crippen LogP contribution in [-0.2, 0) is 4.79 Å². The number of hydrogen-bond donors (Lipinski definition) is 1. The quantitative estimate of drug-likeness (QED) is 0.857. The molecule has 1 amide bonds. The summed E-state index contributed by atoms with van der Waals surface area (Å²) >= 11 is 0. The lowest BCUT2D eigenvalue weighted by molar-refractivity contribution is -0.122. The minimum absolute atomic E-state index is 0.0420. The summed E-state index contributed by atoms with van der Waals surface area (Å²) in [7, 11) is 0. The van der Waals surface area contributed by atoms with E-state index >= 15 is 0 Å². The van der Waals surface area contributed by atoms with E-state index < -0.39 is 6.10 Å². The molecule has 108 valence electrons. The van der Waals surface area contributed by atoms with Gasteiger partial charge in [-0.25, -0.2) is 0 Å². The molecular formula is C17H17NO3. The Morgan fingerprint density at radius 3 is 2.43 bits per heavy atom. The smallest absolute Gasteiger partial charge is 0.265 e. The van der Waals surface area contributed by atoms with E-state index in [1.54, 1.807) is 43.3 Å². The largest absolute Gasteiger partial charge is 0.481 e. The van der Waals surface area contributed by atoms with Gasteiger partial charge in [-0.2, -0.15) is 0 Å². The molecule has 0 saturated heterocycles. The maximum atomic E-state index is 12.1. The van der Waals surface area contributed by atoms with Crippen molar-refractivity contribution in [1.82, 2.24) is 0 Å². The van der Waals surface area contributed by atoms with Crippen LogP contribution < -0.4 is 10.1 Å². The molecule has 0 aliphatic carbocycles. The summed E-state index contributed by atoms with van der Waals surface area (Å²) < 4.78 is 5.55. The number of rotatable bonds is 5. The number of amides is 1. The maximum absolute atomic E-state index is 12.1. The Kier molecular flexibility index (Phi) is 4.72. The second kappa shape index (κ2) is 6.70. The van der Waals surface area contributed by atoms with Crippen LogP contribution in [0.1, 0.15) is 24.2 Å². The van der Waals surface area contributed by atoms with E-state index in [2.05, 4.69) is 5.32 Å². The summed E-state index contributed by atoms with van der Waals surface area (Å²) in [6, 6.07) is 16.0. The van der Waals surface area contributed by atoms with Gasteiger partial charge in [-0.3, -0.25) is 9.59 Å². The molecule has 0 aromatic heterocycles. The average molecular weight is 283 g/mol. The van der Waals surface area contributed by atoms with Gasteiger partial charge in [0.2, 0.25) is 0 Å². The van der Waals surface area contributed by atoms with E-state index in [0.717, 1.165) is 0 Å². The first-order valence-corrected chi connectivity index (χ1v) is 6.70. The average Bonchev–Trinajstić information content (AvgIpc) is 2.48. The van der Waals surface area contributed by atoms with E-state index in [-0.39, 0.29) is 11.7 Å². The van der Waals surface area contributed by atoms with Crippen molar-refractivity contribution in [3.63, 3.8) is 0 Å². The Morgan fingerprint density at radius 2 is 1.76 bits per heavy atom. The predicted molar refractivity (Wildman–Crippen MR) is 81.6 cm³/mol. The summed E-state index contributed by atoms with van der Waals surface area (Å²) in [5.74, 6) is 0.330. The molecule has 1 N–H and O–H groups in total. The molecule has 0 bridgehead atoms. The Morgan fingerprint density at radius 1 is 1.05 bits per heavy atom. The first kappa shape index (κ1) is 14.8. The zero-order valence-electron chi connectivity index (χ0n) is 12.0. The van der Waals surface area contributed by atoms with Crippen molar-refractivity contribution in [2.24, 2.45) is 0 Å². The maximum Gasteiger partial charge on any atom is 0.265 e. The number of carbonyl (C=O) groups is 2. The molecule has 0 radical (unpaired) electrons. The number of para-hydroxylation sites is 1. The molecule has 0 aliphatic heterocycles. The zero-order chi connectivity index (χ0) is 15.2. The van der Waals surface area contributed by atoms with Gasteiger partial charge in [0.1, 0.15) is 5.75 Å². The van der Waals surface area contributed by atoms with Gasteiger partial charge >= 0.3 is 0 Å². The van der Waals surface area contributed by atoms with Crippen molar-refractivity contribution in [2.75, 3.05) is 5.32 Å². The Labute approximate surface area is 123 Å². The molecule has 2 aromatic carbocycles. The molecule has 0 fully saturated rings. The lowest BCUT2D eigenvalue weighted by atomic mass is 10.1. The Bertz CT molecular complexity index is 637. The predicted octanol–water partition coefficient (Wildman–Crippen LogP) is 3.30. The molecular weight excluding hydrogens is 266 g/mol. The van der Waals surface area contributed by atoms with Crippen LogP contribution in [-0.4, -0.2) is 17.8 Å². The highest BCUT2D eigenvalue weighted by Gasteiger charge is 2.15. The fourth-order valence-corrected chi connectivity index (χ4v) is 1.82. The van der Waals surface area contributed by atoms with Crippen LogP contribution in [0.4, 0.5) is 5.69 Å². The third-order valence-electron chi connectivity index (χ3n) is 2.96. The van der Waals surface area contributed by atoms with Gasteiger partial charge in [-0.15, -0.1) is 0 Å². The highest BCUT2D eigenvalue weighted by atomic mass is 16.5. The van der Waals surface area contributed by atoms with Crippen LogP contribution in [0.2, 0.25) is 0 Å². The first-order valence-electron chi connectivity index (χ1n) is 6.70. The number of anilines is 1. The molecule has 0 aliphatic rings. The van der Waals surface area contributed by atoms with E-state index in [1.165, 1.54) is 6.92 Å². The van der Waals surface area contributed by atoms with Gasteiger partial charge in [-0.05, 0) is 38.1 Å². The van der Waals surface area contributed by atoms with Crippen LogP contribution in [0.5, 0.6) is 5.75 Å². The summed E-state index contributed by atoms with van der Waals surface area (Å²) in [6.07, 6.45) is -0.631. The second-order valence-electron chi connectivity index (χ2n) is 4.70. The van der Waals surface area contributed by atoms with E-state index in [0.29, 0.717) is 17.0 Å². The van der Waals surface area contributed by atoms with Crippen molar-refractivity contribution >= 4 is 17.4 Å². The fraction of sp³-hybridized carbons (Fsp3) is 0.176. The monoisotopic (exact) mass is 283 g/mol. The van der Waals surface area contributed by atoms with Crippen molar-refractivity contribution in [2.45, 2.75) is 20.0 Å². The van der Waals surface area contributed by atoms with Gasteiger partial charge in [0.15, 0.2) is 11.9 Å². The highest BCUT2D eigenvalue weighted by molar-refractivity contribution is 5.98. The summed E-state index contributed by atoms with van der Waals surface area (Å²) in [4.78, 5) is 23.4. The number of ether oxygens (including phenoxy) is 1. The normalized spacial score (nSPS) is 11.5. The number of benzene rings is 2. The summed E-state index contributed by atoms with van der Waals surface area (Å²) in [5, 5.41) is 2.74. The topological polar surface area (TPSA) is 55.4 Å². The molecule has 0 unspecified atom stereocenters. The van der Waals surface area contributed by atoms with Gasteiger partial charge in [0.05, 0.1) is 0 Å². The van der Waals surface area contributed by atoms with Crippen LogP contribution >= 0.6 is 0 Å². The number of Topliss-reactive ketones (excluding diaryl/α,β-unsaturated/α-hetero) is 1. The van der Waals surface area contributed by atoms with Crippen LogP contribution in [0.3, 0.4) is 0 Å². The van der Waals surface area contributed by atoms with E-state index in [9.17, 15) is 9.59 Å². The standard InChI is InChI=1S/C17H17NO3/c1-12(19)14-7-6-8-15(11-14)18-17(20)13(2)21-16-9-4-3-5-10-16/h3-11,13H,1-2H3,(H,18,20)/t13-/m1/s1. The molecule has 21 heavy (non-hydrogen) atoms. The Balaban J connectivity index is 2.00. The molecule has 0 spiro atoms. The molecule has 0 heterocycles. The van der Waals surface area contributed by atoms with Gasteiger partial charge in [0, 0.05) is 11.3 Å². The number of ketones is 1. The molecule has 4 nitrogen and oxygen atoms in total. The Hall–Kier alpha value is -2.62. The van der Waals surface area contributed by atoms with Gasteiger partial charge in [-0.1, -0.05) is 30.3 Å². The van der Waals surface area contributed by atoms with Crippen LogP contribution in [0.15, 0.2) is 54.6 Å². The first-order chi connectivity index (χ1) is 10.1. The van der Waals surface area contributed by atoms with Crippen molar-refractivity contribution in [1.29, 1.82) is 0 Å². The lowest BCUT2D eigenvalue weighted by Crippen LogP contribution is -2.30. The van der Waals surface area contributed by atoms with E-state index in [1.807, 2.05) is 18.2 Å².